The van der Waals surface area contributed by atoms with Crippen LogP contribution in [0.4, 0.5) is 0 Å². The maximum absolute atomic E-state index is 9.63. The molecule has 0 amide bonds. The molecule has 2 aromatic carbocycles. The minimum absolute atomic E-state index is 0.0719. The van der Waals surface area contributed by atoms with E-state index in [0.717, 1.165) is 0 Å². The molecule has 0 aromatic heterocycles. The van der Waals surface area contributed by atoms with Crippen molar-refractivity contribution in [3.63, 3.8) is 0 Å². The number of benzene rings is 2. The number of hydrogen-bond donors (Lipinski definition) is 0. The molecular formula is C19H17N. The van der Waals surface area contributed by atoms with Gasteiger partial charge in [0.2, 0.25) is 0 Å². The largest absolute Gasteiger partial charge is 0.198 e. The van der Waals surface area contributed by atoms with Gasteiger partial charge in [0.25, 0.3) is 0 Å². The summed E-state index contributed by atoms with van der Waals surface area (Å²) in [5.74, 6) is -0.0719. The van der Waals surface area contributed by atoms with E-state index in [1.807, 2.05) is 42.5 Å². The lowest BCUT2D eigenvalue weighted by Crippen LogP contribution is -2.17. The second-order valence-corrected chi connectivity index (χ2v) is 5.59. The van der Waals surface area contributed by atoms with Gasteiger partial charge in [0.1, 0.15) is 0 Å². The van der Waals surface area contributed by atoms with Crippen molar-refractivity contribution >= 4 is 0 Å². The van der Waals surface area contributed by atoms with Crippen LogP contribution in [0.1, 0.15) is 18.1 Å². The Hall–Kier alpha value is -2.33. The molecule has 0 bridgehead atoms. The molecule has 1 saturated carbocycles. The molecule has 2 atom stereocenters. The zero-order chi connectivity index (χ0) is 14.2. The molecule has 2 aromatic rings. The molecule has 98 valence electrons. The smallest absolute Gasteiger partial charge is 0.0709 e. The number of hydrogen-bond acceptors (Lipinski definition) is 1. The molecule has 1 fully saturated rings. The van der Waals surface area contributed by atoms with Gasteiger partial charge >= 0.3 is 0 Å². The third kappa shape index (κ3) is 1.37. The van der Waals surface area contributed by atoms with Gasteiger partial charge in [0, 0.05) is 10.8 Å². The average molecular weight is 259 g/mol. The predicted octanol–water partition coefficient (Wildman–Crippen LogP) is 4.32. The highest BCUT2D eigenvalue weighted by Gasteiger charge is 2.74. The van der Waals surface area contributed by atoms with Crippen LogP contribution in [0.15, 0.2) is 73.3 Å². The lowest BCUT2D eigenvalue weighted by molar-refractivity contribution is 0.617. The van der Waals surface area contributed by atoms with Crippen LogP contribution in [0, 0.1) is 22.7 Å². The molecule has 0 N–H and O–H groups in total. The summed E-state index contributed by atoms with van der Waals surface area (Å²) in [7, 11) is 0. The van der Waals surface area contributed by atoms with Crippen molar-refractivity contribution in [2.24, 2.45) is 11.3 Å². The molecule has 0 unspecified atom stereocenters. The normalized spacial score (nSPS) is 26.5. The fourth-order valence-corrected chi connectivity index (χ4v) is 3.68. The molecule has 0 saturated heterocycles. The van der Waals surface area contributed by atoms with Crippen LogP contribution in [0.25, 0.3) is 0 Å². The number of nitriles is 1. The zero-order valence-corrected chi connectivity index (χ0v) is 11.6. The van der Waals surface area contributed by atoms with Crippen molar-refractivity contribution in [2.75, 3.05) is 0 Å². The molecule has 1 aliphatic rings. The Morgan fingerprint density at radius 2 is 1.45 bits per heavy atom. The summed E-state index contributed by atoms with van der Waals surface area (Å²) in [5, 5.41) is 9.63. The van der Waals surface area contributed by atoms with Gasteiger partial charge in [-0.3, -0.25) is 0 Å². The van der Waals surface area contributed by atoms with Crippen LogP contribution in [0.3, 0.4) is 0 Å². The Bertz CT molecular complexity index is 626. The second kappa shape index (κ2) is 4.35. The van der Waals surface area contributed by atoms with Crippen molar-refractivity contribution in [1.82, 2.24) is 0 Å². The van der Waals surface area contributed by atoms with Crippen LogP contribution >= 0.6 is 0 Å². The van der Waals surface area contributed by atoms with E-state index in [0.29, 0.717) is 0 Å². The molecule has 0 radical (unpaired) electrons. The number of rotatable bonds is 3. The molecule has 1 aliphatic carbocycles. The van der Waals surface area contributed by atoms with Crippen LogP contribution in [-0.4, -0.2) is 0 Å². The summed E-state index contributed by atoms with van der Waals surface area (Å²) in [6.45, 7) is 6.12. The maximum atomic E-state index is 9.63. The van der Waals surface area contributed by atoms with E-state index >= 15 is 0 Å². The van der Waals surface area contributed by atoms with E-state index in [-0.39, 0.29) is 16.7 Å². The van der Waals surface area contributed by atoms with Crippen molar-refractivity contribution in [2.45, 2.75) is 12.3 Å². The highest BCUT2D eigenvalue weighted by Crippen LogP contribution is 2.73. The Balaban J connectivity index is 2.27. The monoisotopic (exact) mass is 259 g/mol. The third-order valence-electron chi connectivity index (χ3n) is 4.81. The van der Waals surface area contributed by atoms with Gasteiger partial charge in [-0.05, 0) is 11.1 Å². The second-order valence-electron chi connectivity index (χ2n) is 5.59. The Labute approximate surface area is 120 Å². The third-order valence-corrected chi connectivity index (χ3v) is 4.81. The van der Waals surface area contributed by atoms with Crippen LogP contribution < -0.4 is 0 Å². The van der Waals surface area contributed by atoms with Crippen LogP contribution in [0.2, 0.25) is 0 Å². The fourth-order valence-electron chi connectivity index (χ4n) is 3.68. The van der Waals surface area contributed by atoms with E-state index in [1.165, 1.54) is 11.1 Å². The van der Waals surface area contributed by atoms with Crippen molar-refractivity contribution in [3.8, 4) is 6.07 Å². The van der Waals surface area contributed by atoms with E-state index in [9.17, 15) is 5.26 Å². The number of nitrogens with zero attached hydrogens (tertiary/aromatic N) is 1. The van der Waals surface area contributed by atoms with Crippen molar-refractivity contribution < 1.29 is 0 Å². The Morgan fingerprint density at radius 1 is 1.00 bits per heavy atom. The zero-order valence-electron chi connectivity index (χ0n) is 11.6. The molecule has 0 aliphatic heterocycles. The molecule has 0 spiro atoms. The highest BCUT2D eigenvalue weighted by atomic mass is 14.7. The van der Waals surface area contributed by atoms with Crippen molar-refractivity contribution in [1.29, 1.82) is 5.26 Å². The van der Waals surface area contributed by atoms with Crippen LogP contribution in [0.5, 0.6) is 0 Å². The lowest BCUT2D eigenvalue weighted by Gasteiger charge is -2.21. The first-order valence-corrected chi connectivity index (χ1v) is 6.86. The molecule has 1 nitrogen and oxygen atoms in total. The van der Waals surface area contributed by atoms with Gasteiger partial charge in [0.05, 0.1) is 12.0 Å². The first-order chi connectivity index (χ1) is 9.71. The lowest BCUT2D eigenvalue weighted by atomic mass is 9.80. The summed E-state index contributed by atoms with van der Waals surface area (Å²) in [4.78, 5) is 0. The topological polar surface area (TPSA) is 23.8 Å². The van der Waals surface area contributed by atoms with Gasteiger partial charge in [-0.1, -0.05) is 73.7 Å². The van der Waals surface area contributed by atoms with Gasteiger partial charge in [-0.2, -0.15) is 5.26 Å². The molecule has 3 rings (SSSR count). The minimum Gasteiger partial charge on any atom is -0.198 e. The maximum Gasteiger partial charge on any atom is 0.0709 e. The quantitative estimate of drug-likeness (QED) is 0.753. The summed E-state index contributed by atoms with van der Waals surface area (Å²) in [5.41, 5.74) is 1.90. The van der Waals surface area contributed by atoms with Gasteiger partial charge in [-0.25, -0.2) is 0 Å². The number of allylic oxidation sites excluding steroid dienone is 1. The summed E-state index contributed by atoms with van der Waals surface area (Å²) >= 11 is 0. The van der Waals surface area contributed by atoms with Gasteiger partial charge in [0.15, 0.2) is 0 Å². The van der Waals surface area contributed by atoms with Gasteiger partial charge < -0.3 is 0 Å². The van der Waals surface area contributed by atoms with E-state index in [2.05, 4.69) is 43.8 Å². The molecular weight excluding hydrogens is 242 g/mol. The fraction of sp³-hybridized carbons (Fsp3) is 0.211. The summed E-state index contributed by atoms with van der Waals surface area (Å²) < 4.78 is 0. The van der Waals surface area contributed by atoms with Crippen molar-refractivity contribution in [3.05, 3.63) is 84.4 Å². The SMILES string of the molecule is C=C[C@@]1(C)[C@@H](C#N)C1(c1ccccc1)c1ccccc1. The molecule has 0 heterocycles. The minimum atomic E-state index is -0.272. The van der Waals surface area contributed by atoms with E-state index < -0.39 is 0 Å². The van der Waals surface area contributed by atoms with Gasteiger partial charge in [-0.15, -0.1) is 6.58 Å². The molecule has 1 heteroatoms. The Morgan fingerprint density at radius 3 is 1.75 bits per heavy atom. The van der Waals surface area contributed by atoms with E-state index in [4.69, 9.17) is 0 Å². The molecule has 20 heavy (non-hydrogen) atoms. The first-order valence-electron chi connectivity index (χ1n) is 6.86. The predicted molar refractivity (Wildman–Crippen MR) is 81.1 cm³/mol. The standard InChI is InChI=1S/C19H17N/c1-3-18(2)17(14-20)19(18,15-10-6-4-7-11-15)16-12-8-5-9-13-16/h3-13,17H,1H2,2H3/t17-,18+/m1/s1. The van der Waals surface area contributed by atoms with E-state index in [1.54, 1.807) is 0 Å². The first kappa shape index (κ1) is 12.7. The van der Waals surface area contributed by atoms with Crippen LogP contribution in [-0.2, 0) is 5.41 Å². The average Bonchev–Trinajstić information content (AvgIpc) is 3.09. The Kier molecular flexibility index (Phi) is 2.76. The summed E-state index contributed by atoms with van der Waals surface area (Å²) in [6.07, 6.45) is 1.95. The highest BCUT2D eigenvalue weighted by molar-refractivity contribution is 5.57. The summed E-state index contributed by atoms with van der Waals surface area (Å²) in [6, 6.07) is 23.1.